The van der Waals surface area contributed by atoms with Gasteiger partial charge in [-0.1, -0.05) is 71.8 Å². The largest absolute Gasteiger partial charge is 0.497 e. The maximum absolute atomic E-state index is 9.74. The van der Waals surface area contributed by atoms with Crippen molar-refractivity contribution < 1.29 is 4.74 Å². The average Bonchev–Trinajstić information content (AvgIpc) is 3.12. The minimum absolute atomic E-state index is 0.556. The van der Waals surface area contributed by atoms with Gasteiger partial charge in [0.2, 0.25) is 0 Å². The fraction of sp³-hybridized carbons (Fsp3) is 0.178. The Morgan fingerprint density at radius 2 is 0.898 bits per heavy atom. The Balaban J connectivity index is 1.34. The molecule has 0 atom stereocenters. The van der Waals surface area contributed by atoms with Gasteiger partial charge in [0, 0.05) is 34.1 Å². The molecule has 49 heavy (non-hydrogen) atoms. The molecular weight excluding hydrogens is 599 g/mol. The highest BCUT2D eigenvalue weighted by atomic mass is 16.5. The van der Waals surface area contributed by atoms with Crippen LogP contribution >= 0.6 is 0 Å². The first-order chi connectivity index (χ1) is 23.6. The van der Waals surface area contributed by atoms with Crippen molar-refractivity contribution >= 4 is 34.1 Å². The topological polar surface area (TPSA) is 39.5 Å². The van der Waals surface area contributed by atoms with Crippen LogP contribution in [0.5, 0.6) is 5.75 Å². The molecule has 0 radical (unpaired) electrons. The van der Waals surface area contributed by atoms with Gasteiger partial charge >= 0.3 is 0 Å². The van der Waals surface area contributed by atoms with Crippen LogP contribution in [0.2, 0.25) is 0 Å². The van der Waals surface area contributed by atoms with Crippen molar-refractivity contribution in [2.45, 2.75) is 47.0 Å². The second kappa shape index (κ2) is 13.7. The molecule has 0 saturated carbocycles. The average molecular weight is 642 g/mol. The second-order valence-electron chi connectivity index (χ2n) is 13.3. The van der Waals surface area contributed by atoms with Crippen molar-refractivity contribution in [3.63, 3.8) is 0 Å². The van der Waals surface area contributed by atoms with Crippen LogP contribution in [-0.4, -0.2) is 7.11 Å². The van der Waals surface area contributed by atoms with E-state index in [0.29, 0.717) is 0 Å². The molecule has 0 aliphatic rings. The Morgan fingerprint density at radius 3 is 1.27 bits per heavy atom. The SMILES string of the molecule is COc1ccc(N(c2ccc(C)cc2)c2ccc(-c3ccc(N(c4ccc(C)cc4)c4ccc(C(C)(C)C#N)cc4C)cc3)cc2)c(C)c1. The van der Waals surface area contributed by atoms with E-state index >= 15 is 0 Å². The summed E-state index contributed by atoms with van der Waals surface area (Å²) in [6.07, 6.45) is 0. The second-order valence-corrected chi connectivity index (χ2v) is 13.3. The van der Waals surface area contributed by atoms with Crippen LogP contribution in [0.15, 0.2) is 133 Å². The molecule has 0 N–H and O–H groups in total. The number of nitrogens with zero attached hydrogens (tertiary/aromatic N) is 3. The number of aryl methyl sites for hydroxylation is 4. The molecule has 4 heteroatoms. The number of hydrogen-bond acceptors (Lipinski definition) is 4. The molecule has 0 aliphatic heterocycles. The lowest BCUT2D eigenvalue weighted by molar-refractivity contribution is 0.414. The van der Waals surface area contributed by atoms with Gasteiger partial charge in [0.1, 0.15) is 5.75 Å². The lowest BCUT2D eigenvalue weighted by atomic mass is 9.85. The van der Waals surface area contributed by atoms with E-state index in [4.69, 9.17) is 4.74 Å². The fourth-order valence-electron chi connectivity index (χ4n) is 6.21. The summed E-state index contributed by atoms with van der Waals surface area (Å²) < 4.78 is 5.49. The standard InChI is InChI=1S/C45H43N3O/c1-31-8-17-38(18-9-31)47(43-26-16-37(28-33(43)3)45(5,6)30-46)40-21-12-35(13-22-40)36-14-23-41(24-15-36)48(39-19-10-32(2)11-20-39)44-27-25-42(49-7)29-34(44)4/h8-29H,1-7H3. The number of anilines is 6. The van der Waals surface area contributed by atoms with Gasteiger partial charge in [0.05, 0.1) is 18.6 Å². The van der Waals surface area contributed by atoms with E-state index in [1.54, 1.807) is 7.11 Å². The first kappa shape index (κ1) is 33.1. The van der Waals surface area contributed by atoms with Crippen LogP contribution in [0, 0.1) is 39.0 Å². The van der Waals surface area contributed by atoms with Crippen LogP contribution in [0.25, 0.3) is 11.1 Å². The van der Waals surface area contributed by atoms with Crippen molar-refractivity contribution in [1.82, 2.24) is 0 Å². The number of rotatable bonds is 9. The third kappa shape index (κ3) is 6.93. The molecule has 0 aliphatic carbocycles. The summed E-state index contributed by atoms with van der Waals surface area (Å²) in [5, 5.41) is 9.74. The summed E-state index contributed by atoms with van der Waals surface area (Å²) in [5.41, 5.74) is 14.0. The molecule has 6 rings (SSSR count). The van der Waals surface area contributed by atoms with E-state index in [9.17, 15) is 5.26 Å². The Bertz CT molecular complexity index is 2100. The van der Waals surface area contributed by atoms with Crippen LogP contribution < -0.4 is 14.5 Å². The molecule has 0 fully saturated rings. The van der Waals surface area contributed by atoms with Crippen molar-refractivity contribution in [3.8, 4) is 22.9 Å². The highest BCUT2D eigenvalue weighted by Gasteiger charge is 2.22. The van der Waals surface area contributed by atoms with Crippen LogP contribution in [0.4, 0.5) is 34.1 Å². The molecule has 4 nitrogen and oxygen atoms in total. The summed E-state index contributed by atoms with van der Waals surface area (Å²) in [7, 11) is 1.70. The van der Waals surface area contributed by atoms with E-state index in [1.165, 1.54) is 11.1 Å². The number of nitriles is 1. The number of methoxy groups -OCH3 is 1. The molecule has 0 aromatic heterocycles. The van der Waals surface area contributed by atoms with Crippen molar-refractivity contribution in [2.75, 3.05) is 16.9 Å². The van der Waals surface area contributed by atoms with Gasteiger partial charge in [-0.05, 0) is 142 Å². The zero-order valence-corrected chi connectivity index (χ0v) is 29.5. The van der Waals surface area contributed by atoms with Gasteiger partial charge in [-0.15, -0.1) is 0 Å². The van der Waals surface area contributed by atoms with E-state index in [0.717, 1.165) is 67.7 Å². The maximum Gasteiger partial charge on any atom is 0.119 e. The highest BCUT2D eigenvalue weighted by Crippen LogP contribution is 2.41. The molecule has 6 aromatic rings. The molecular formula is C45H43N3O. The van der Waals surface area contributed by atoms with Crippen LogP contribution in [0.1, 0.15) is 41.7 Å². The Morgan fingerprint density at radius 1 is 0.510 bits per heavy atom. The smallest absolute Gasteiger partial charge is 0.119 e. The van der Waals surface area contributed by atoms with Gasteiger partial charge in [0.15, 0.2) is 0 Å². The highest BCUT2D eigenvalue weighted by molar-refractivity contribution is 5.82. The van der Waals surface area contributed by atoms with Gasteiger partial charge in [-0.3, -0.25) is 0 Å². The summed E-state index contributed by atoms with van der Waals surface area (Å²) in [6.45, 7) is 12.4. The lowest BCUT2D eigenvalue weighted by Gasteiger charge is -2.28. The zero-order valence-electron chi connectivity index (χ0n) is 29.5. The first-order valence-electron chi connectivity index (χ1n) is 16.7. The van der Waals surface area contributed by atoms with Gasteiger partial charge < -0.3 is 14.5 Å². The van der Waals surface area contributed by atoms with E-state index < -0.39 is 5.41 Å². The molecule has 0 spiro atoms. The van der Waals surface area contributed by atoms with Crippen molar-refractivity contribution in [1.29, 1.82) is 5.26 Å². The van der Waals surface area contributed by atoms with Gasteiger partial charge in [-0.25, -0.2) is 0 Å². The molecule has 244 valence electrons. The van der Waals surface area contributed by atoms with Crippen molar-refractivity contribution in [2.24, 2.45) is 0 Å². The number of hydrogen-bond donors (Lipinski definition) is 0. The minimum Gasteiger partial charge on any atom is -0.497 e. The quantitative estimate of drug-likeness (QED) is 0.157. The maximum atomic E-state index is 9.74. The normalized spacial score (nSPS) is 11.1. The summed E-state index contributed by atoms with van der Waals surface area (Å²) in [6, 6.07) is 49.8. The summed E-state index contributed by atoms with van der Waals surface area (Å²) in [4.78, 5) is 4.59. The van der Waals surface area contributed by atoms with Gasteiger partial charge in [0.25, 0.3) is 0 Å². The molecule has 0 amide bonds. The van der Waals surface area contributed by atoms with E-state index in [2.05, 4.69) is 171 Å². The Labute approximate surface area is 291 Å². The number of ether oxygens (including phenoxy) is 1. The zero-order chi connectivity index (χ0) is 34.7. The number of benzene rings is 6. The van der Waals surface area contributed by atoms with Crippen molar-refractivity contribution in [3.05, 3.63) is 161 Å². The third-order valence-corrected chi connectivity index (χ3v) is 9.25. The first-order valence-corrected chi connectivity index (χ1v) is 16.7. The lowest BCUT2D eigenvalue weighted by Crippen LogP contribution is -2.16. The monoisotopic (exact) mass is 641 g/mol. The minimum atomic E-state index is -0.556. The fourth-order valence-corrected chi connectivity index (χ4v) is 6.21. The molecule has 0 bridgehead atoms. The predicted octanol–water partition coefficient (Wildman–Crippen LogP) is 12.3. The van der Waals surface area contributed by atoms with E-state index in [1.807, 2.05) is 19.9 Å². The Hall–Kier alpha value is -5.79. The summed E-state index contributed by atoms with van der Waals surface area (Å²) >= 11 is 0. The van der Waals surface area contributed by atoms with Crippen LogP contribution in [0.3, 0.4) is 0 Å². The third-order valence-electron chi connectivity index (χ3n) is 9.25. The Kier molecular flexibility index (Phi) is 9.29. The van der Waals surface area contributed by atoms with E-state index in [-0.39, 0.29) is 0 Å². The van der Waals surface area contributed by atoms with Gasteiger partial charge in [-0.2, -0.15) is 5.26 Å². The molecule has 0 heterocycles. The molecule has 6 aromatic carbocycles. The van der Waals surface area contributed by atoms with Crippen LogP contribution in [-0.2, 0) is 5.41 Å². The molecule has 0 unspecified atom stereocenters. The molecule has 0 saturated heterocycles. The summed E-state index contributed by atoms with van der Waals surface area (Å²) in [5.74, 6) is 0.847. The predicted molar refractivity (Wildman–Crippen MR) is 205 cm³/mol.